The van der Waals surface area contributed by atoms with Crippen molar-refractivity contribution in [1.82, 2.24) is 26.2 Å². The lowest BCUT2D eigenvalue weighted by molar-refractivity contribution is -0.163. The normalized spacial score (nSPS) is 14.6. The second kappa shape index (κ2) is 52.3. The molecular weight excluding hydrogens is 1330 g/mol. The summed E-state index contributed by atoms with van der Waals surface area (Å²) in [5.74, 6) is -6.29. The minimum absolute atomic E-state index is 0.0256. The molecular formula is C80H127N6O16P. The van der Waals surface area contributed by atoms with Gasteiger partial charge in [-0.25, -0.2) is 4.57 Å². The van der Waals surface area contributed by atoms with Crippen molar-refractivity contribution in [2.45, 2.75) is 297 Å². The van der Waals surface area contributed by atoms with E-state index in [2.05, 4.69) is 35.1 Å². The zero-order chi connectivity index (χ0) is 75.0. The monoisotopic (exact) mass is 1460 g/mol. The number of hydrogen-bond donors (Lipinski definition) is 6. The van der Waals surface area contributed by atoms with Crippen LogP contribution in [0.4, 0.5) is 0 Å². The molecule has 7 N–H and O–H groups in total. The number of nitrogens with two attached hydrogens (primary N) is 1. The van der Waals surface area contributed by atoms with Gasteiger partial charge < -0.3 is 51.0 Å². The quantitative estimate of drug-likeness (QED) is 0.0132. The summed E-state index contributed by atoms with van der Waals surface area (Å²) in [7, 11) is -4.81. The topological polar surface area (TPSA) is 314 Å². The van der Waals surface area contributed by atoms with E-state index >= 15 is 0 Å². The lowest BCUT2D eigenvalue weighted by atomic mass is 9.94. The fourth-order valence-corrected chi connectivity index (χ4v) is 13.6. The smallest absolute Gasteiger partial charge is 0.462 e. The van der Waals surface area contributed by atoms with Gasteiger partial charge in [-0.05, 0) is 65.8 Å². The molecule has 0 bridgehead atoms. The van der Waals surface area contributed by atoms with Gasteiger partial charge in [-0.3, -0.25) is 52.2 Å². The van der Waals surface area contributed by atoms with E-state index in [1.54, 1.807) is 43.0 Å². The summed E-state index contributed by atoms with van der Waals surface area (Å²) < 4.78 is 40.5. The van der Waals surface area contributed by atoms with Gasteiger partial charge >= 0.3 is 25.7 Å². The number of benzene rings is 3. The number of phosphoric acid groups is 1. The molecule has 6 atom stereocenters. The van der Waals surface area contributed by atoms with Crippen molar-refractivity contribution in [1.29, 1.82) is 0 Å². The maximum absolute atomic E-state index is 14.8. The molecule has 1 heterocycles. The number of ether oxygens (including phenoxy) is 3. The molecule has 1 fully saturated rings. The largest absolute Gasteiger partial charge is 0.472 e. The lowest BCUT2D eigenvalue weighted by Crippen LogP contribution is -2.56. The third-order valence-electron chi connectivity index (χ3n) is 18.9. The van der Waals surface area contributed by atoms with Gasteiger partial charge in [-0.15, -0.1) is 0 Å². The molecule has 4 rings (SSSR count). The van der Waals surface area contributed by atoms with Gasteiger partial charge in [0.25, 0.3) is 5.91 Å². The minimum Gasteiger partial charge on any atom is -0.462 e. The first-order valence-electron chi connectivity index (χ1n) is 39.0. The molecule has 2 unspecified atom stereocenters. The Bertz CT molecular complexity index is 3010. The minimum atomic E-state index is -4.81. The fraction of sp³-hybridized carbons (Fsp3) is 0.688. The van der Waals surface area contributed by atoms with Crippen molar-refractivity contribution in [2.75, 3.05) is 39.5 Å². The molecule has 1 saturated heterocycles. The fourth-order valence-electron chi connectivity index (χ4n) is 12.8. The van der Waals surface area contributed by atoms with Gasteiger partial charge in [-0.2, -0.15) is 0 Å². The number of nitrogens with zero attached hydrogens (tertiary/aromatic N) is 1. The molecule has 1 aliphatic rings. The average Bonchev–Trinajstić information content (AvgIpc) is 0.813. The highest BCUT2D eigenvalue weighted by molar-refractivity contribution is 7.47. The number of carbonyl (C=O) groups excluding carboxylic acids is 9. The highest BCUT2D eigenvalue weighted by Crippen LogP contribution is 2.43. The van der Waals surface area contributed by atoms with Crippen molar-refractivity contribution in [3.63, 3.8) is 0 Å². The van der Waals surface area contributed by atoms with Crippen molar-refractivity contribution >= 4 is 71.9 Å². The molecule has 103 heavy (non-hydrogen) atoms. The molecule has 0 aromatic heterocycles. The number of unbranched alkanes of at least 4 members (excludes halogenated alkanes) is 24. The summed E-state index contributed by atoms with van der Waals surface area (Å²) in [6.07, 6.45) is 28.0. The maximum Gasteiger partial charge on any atom is 0.472 e. The second-order valence-corrected chi connectivity index (χ2v) is 30.2. The van der Waals surface area contributed by atoms with Crippen LogP contribution in [0, 0.1) is 17.8 Å². The number of nitrogens with one attached hydrogen (secondary N) is 4. The van der Waals surface area contributed by atoms with Gasteiger partial charge in [0.15, 0.2) is 12.2 Å². The maximum atomic E-state index is 14.8. The van der Waals surface area contributed by atoms with Gasteiger partial charge in [-0.1, -0.05) is 268 Å². The van der Waals surface area contributed by atoms with E-state index in [1.165, 1.54) is 109 Å². The van der Waals surface area contributed by atoms with E-state index in [9.17, 15) is 52.6 Å². The molecule has 0 spiro atoms. The Labute approximate surface area is 614 Å². The van der Waals surface area contributed by atoms with E-state index in [0.717, 1.165) is 61.3 Å². The standard InChI is InChI=1S/C80H127N6O16P/c1-7-9-11-13-15-17-19-21-23-25-27-29-34-45-73(89)98-58-66(101-74(90)46-35-30-28-26-24-22-20-18-16-14-12-10-8-2)59-100-103(96,97)99-54-51-82-71(87)47-48-72(88)83-68(56-62-39-32-31-33-40-62)77(92)84-69(57-65-43-38-42-63-41-36-37-44-67(63)65)79(94)86-52-49-64(50-53-86)80(95)102-70(55-60(3)4)78(93)85-75(61(5)6)76(81)91/h31-33,36-44,60-61,64,66,68-70,75H,7-30,34-35,45-59H2,1-6H3,(H2,81,91)(H,82,87)(H,83,88)(H,84,92)(H,85,93)(H,96,97)/t66?,68-,69-,70+,75+/m1/s1. The molecule has 23 heteroatoms. The van der Waals surface area contributed by atoms with E-state index in [-0.39, 0.29) is 95.9 Å². The van der Waals surface area contributed by atoms with Gasteiger partial charge in [0, 0.05) is 58.2 Å². The number of likely N-dealkylation sites (tertiary alicyclic amines) is 1. The first kappa shape index (κ1) is 88.7. The Balaban J connectivity index is 1.31. The van der Waals surface area contributed by atoms with E-state index in [4.69, 9.17) is 29.0 Å². The van der Waals surface area contributed by atoms with Crippen molar-refractivity contribution in [3.8, 4) is 0 Å². The Morgan fingerprint density at radius 2 is 1.08 bits per heavy atom. The Morgan fingerprint density at radius 1 is 0.553 bits per heavy atom. The summed E-state index contributed by atoms with van der Waals surface area (Å²) in [4.78, 5) is 134. The summed E-state index contributed by atoms with van der Waals surface area (Å²) in [5, 5.41) is 12.7. The van der Waals surface area contributed by atoms with Crippen LogP contribution in [0.3, 0.4) is 0 Å². The molecule has 6 amide bonds. The summed E-state index contributed by atoms with van der Waals surface area (Å²) >= 11 is 0. The van der Waals surface area contributed by atoms with Crippen LogP contribution in [0.15, 0.2) is 72.8 Å². The lowest BCUT2D eigenvalue weighted by Gasteiger charge is -2.34. The number of esters is 3. The number of phosphoric ester groups is 1. The summed E-state index contributed by atoms with van der Waals surface area (Å²) in [5.41, 5.74) is 7.04. The van der Waals surface area contributed by atoms with Crippen molar-refractivity contribution in [3.05, 3.63) is 83.9 Å². The third kappa shape index (κ3) is 38.7. The highest BCUT2D eigenvalue weighted by atomic mass is 31.2. The average molecular weight is 1460 g/mol. The molecule has 1 aliphatic heterocycles. The SMILES string of the molecule is CCCCCCCCCCCCCCCC(=O)OCC(COP(=O)(O)OCCNC(=O)CCC(=O)N[C@H](Cc1ccccc1)C(=O)N[C@H](Cc1cccc2ccccc12)C(=O)N1CCC(C(=O)O[C@@H](CC(C)C)C(=O)N[C@H](C(N)=O)C(C)C)CC1)OC(=O)CCCCCCCCCCCCCCC. The van der Waals surface area contributed by atoms with Crippen LogP contribution in [0.2, 0.25) is 0 Å². The van der Waals surface area contributed by atoms with Crippen molar-refractivity contribution < 1.29 is 75.9 Å². The Hall–Kier alpha value is -6.74. The second-order valence-electron chi connectivity index (χ2n) is 28.7. The number of piperidine rings is 1. The zero-order valence-corrected chi connectivity index (χ0v) is 64.0. The third-order valence-corrected chi connectivity index (χ3v) is 19.9. The van der Waals surface area contributed by atoms with E-state index < -0.39 is 111 Å². The molecule has 0 radical (unpaired) electrons. The van der Waals surface area contributed by atoms with Gasteiger partial charge in [0.1, 0.15) is 24.7 Å². The summed E-state index contributed by atoms with van der Waals surface area (Å²) in [6.45, 7) is 10.2. The van der Waals surface area contributed by atoms with Crippen LogP contribution in [-0.4, -0.2) is 133 Å². The van der Waals surface area contributed by atoms with Crippen LogP contribution >= 0.6 is 7.82 Å². The number of amides is 6. The number of rotatable bonds is 57. The molecule has 0 aliphatic carbocycles. The van der Waals surface area contributed by atoms with Crippen LogP contribution in [-0.2, 0) is 83.8 Å². The Morgan fingerprint density at radius 3 is 1.63 bits per heavy atom. The van der Waals surface area contributed by atoms with Gasteiger partial charge in [0.2, 0.25) is 29.5 Å². The van der Waals surface area contributed by atoms with Crippen LogP contribution in [0.1, 0.15) is 265 Å². The van der Waals surface area contributed by atoms with Gasteiger partial charge in [0.05, 0.1) is 19.1 Å². The number of primary amides is 1. The number of fused-ring (bicyclic) bond motifs is 1. The zero-order valence-electron chi connectivity index (χ0n) is 63.1. The van der Waals surface area contributed by atoms with E-state index in [0.29, 0.717) is 18.4 Å². The number of carbonyl (C=O) groups is 9. The van der Waals surface area contributed by atoms with Crippen LogP contribution in [0.5, 0.6) is 0 Å². The Kier molecular flexibility index (Phi) is 45.0. The molecule has 0 saturated carbocycles. The molecule has 578 valence electrons. The first-order valence-corrected chi connectivity index (χ1v) is 40.5. The van der Waals surface area contributed by atoms with Crippen LogP contribution < -0.4 is 27.0 Å². The first-order chi connectivity index (χ1) is 49.6. The van der Waals surface area contributed by atoms with E-state index in [1.807, 2.05) is 62.4 Å². The van der Waals surface area contributed by atoms with Crippen LogP contribution in [0.25, 0.3) is 10.8 Å². The molecule has 3 aromatic rings. The molecule has 3 aromatic carbocycles. The molecule has 22 nitrogen and oxygen atoms in total. The van der Waals surface area contributed by atoms with Crippen molar-refractivity contribution in [2.24, 2.45) is 23.5 Å². The highest BCUT2D eigenvalue weighted by Gasteiger charge is 2.37. The summed E-state index contributed by atoms with van der Waals surface area (Å²) in [6, 6.07) is 19.0. The number of hydrogen-bond acceptors (Lipinski definition) is 15. The predicted molar refractivity (Wildman–Crippen MR) is 402 cm³/mol. The predicted octanol–water partition coefficient (Wildman–Crippen LogP) is 13.9.